The number of nitrogens with two attached hydrogens (primary N) is 1. The van der Waals surface area contributed by atoms with Gasteiger partial charge in [0.2, 0.25) is 5.91 Å². The lowest BCUT2D eigenvalue weighted by atomic mass is 10.1. The van der Waals surface area contributed by atoms with Crippen molar-refractivity contribution in [2.24, 2.45) is 5.73 Å². The fourth-order valence-corrected chi connectivity index (χ4v) is 1.60. The van der Waals surface area contributed by atoms with Gasteiger partial charge in [0.15, 0.2) is 0 Å². The fraction of sp³-hybridized carbons (Fsp3) is 0.154. The molecule has 1 heterocycles. The fourth-order valence-electron chi connectivity index (χ4n) is 1.60. The Kier molecular flexibility index (Phi) is 3.78. The zero-order valence-corrected chi connectivity index (χ0v) is 10.2. The average Bonchev–Trinajstić information content (AvgIpc) is 2.84. The molecule has 0 aliphatic carbocycles. The second-order valence-corrected chi connectivity index (χ2v) is 4.06. The van der Waals surface area contributed by atoms with E-state index in [1.165, 1.54) is 4.68 Å². The van der Waals surface area contributed by atoms with Gasteiger partial charge >= 0.3 is 0 Å². The minimum Gasteiger partial charge on any atom is -0.378 e. The molecule has 1 aromatic carbocycles. The summed E-state index contributed by atoms with van der Waals surface area (Å²) in [6.07, 6.45) is 3.35. The largest absolute Gasteiger partial charge is 0.378 e. The van der Waals surface area contributed by atoms with Crippen LogP contribution in [0, 0.1) is 11.3 Å². The molecule has 0 bridgehead atoms. The number of carbonyl (C=O) groups is 1. The second-order valence-electron chi connectivity index (χ2n) is 4.06. The number of anilines is 1. The maximum Gasteiger partial charge on any atom is 0.239 e. The number of hydrogen-bond donors (Lipinski definition) is 2. The average molecular weight is 255 g/mol. The van der Waals surface area contributed by atoms with E-state index in [-0.39, 0.29) is 6.54 Å². The van der Waals surface area contributed by atoms with Crippen LogP contribution in [0.2, 0.25) is 0 Å². The van der Waals surface area contributed by atoms with Crippen LogP contribution in [0.4, 0.5) is 5.69 Å². The molecular weight excluding hydrogens is 242 g/mol. The second kappa shape index (κ2) is 5.69. The highest BCUT2D eigenvalue weighted by atomic mass is 16.1. The highest BCUT2D eigenvalue weighted by molar-refractivity contribution is 5.73. The van der Waals surface area contributed by atoms with Crippen molar-refractivity contribution in [3.63, 3.8) is 0 Å². The van der Waals surface area contributed by atoms with Gasteiger partial charge in [-0.2, -0.15) is 10.4 Å². The third kappa shape index (κ3) is 3.57. The van der Waals surface area contributed by atoms with E-state index in [1.54, 1.807) is 24.5 Å². The molecule has 0 saturated heterocycles. The lowest BCUT2D eigenvalue weighted by Gasteiger charge is -2.03. The van der Waals surface area contributed by atoms with Crippen LogP contribution >= 0.6 is 0 Å². The molecular formula is C13H13N5O. The Hall–Kier alpha value is -2.81. The van der Waals surface area contributed by atoms with Gasteiger partial charge in [-0.1, -0.05) is 12.1 Å². The van der Waals surface area contributed by atoms with E-state index < -0.39 is 5.91 Å². The molecule has 0 aliphatic heterocycles. The molecule has 1 aromatic heterocycles. The minimum atomic E-state index is -0.429. The molecule has 2 aromatic rings. The van der Waals surface area contributed by atoms with Crippen LogP contribution in [0.5, 0.6) is 0 Å². The molecule has 0 spiro atoms. The Morgan fingerprint density at radius 3 is 2.79 bits per heavy atom. The van der Waals surface area contributed by atoms with Crippen molar-refractivity contribution in [2.45, 2.75) is 13.1 Å². The van der Waals surface area contributed by atoms with Crippen molar-refractivity contribution in [2.75, 3.05) is 5.32 Å². The Balaban J connectivity index is 1.92. The topological polar surface area (TPSA) is 96.7 Å². The van der Waals surface area contributed by atoms with Gasteiger partial charge < -0.3 is 11.1 Å². The van der Waals surface area contributed by atoms with Crippen LogP contribution in [-0.4, -0.2) is 15.7 Å². The molecule has 0 radical (unpaired) electrons. The lowest BCUT2D eigenvalue weighted by Crippen LogP contribution is -2.18. The molecule has 0 unspecified atom stereocenters. The number of hydrogen-bond acceptors (Lipinski definition) is 4. The molecule has 0 aliphatic rings. The van der Waals surface area contributed by atoms with Gasteiger partial charge in [-0.15, -0.1) is 0 Å². The number of rotatable bonds is 5. The first kappa shape index (κ1) is 12.6. The standard InChI is InChI=1S/C13H13N5O/c14-5-10-1-3-11(4-2-10)6-16-12-7-17-18(8-12)9-13(15)19/h1-4,7-8,16H,6,9H2,(H2,15,19). The van der Waals surface area contributed by atoms with Gasteiger partial charge in [-0.05, 0) is 17.7 Å². The van der Waals surface area contributed by atoms with Crippen molar-refractivity contribution in [1.82, 2.24) is 9.78 Å². The number of nitrogens with one attached hydrogen (secondary N) is 1. The SMILES string of the molecule is N#Cc1ccc(CNc2cnn(CC(N)=O)c2)cc1. The normalized spacial score (nSPS) is 9.84. The van der Waals surface area contributed by atoms with Gasteiger partial charge in [0.05, 0.1) is 23.5 Å². The van der Waals surface area contributed by atoms with Gasteiger partial charge in [0.25, 0.3) is 0 Å². The maximum absolute atomic E-state index is 10.7. The summed E-state index contributed by atoms with van der Waals surface area (Å²) in [6.45, 7) is 0.687. The predicted octanol–water partition coefficient (Wildman–Crippen LogP) is 0.852. The Labute approximate surface area is 110 Å². The van der Waals surface area contributed by atoms with E-state index >= 15 is 0 Å². The summed E-state index contributed by atoms with van der Waals surface area (Å²) in [7, 11) is 0. The van der Waals surface area contributed by atoms with E-state index in [9.17, 15) is 4.79 Å². The Morgan fingerprint density at radius 1 is 1.42 bits per heavy atom. The summed E-state index contributed by atoms with van der Waals surface area (Å²) < 4.78 is 1.48. The van der Waals surface area contributed by atoms with Crippen molar-refractivity contribution in [3.05, 3.63) is 47.8 Å². The molecule has 6 nitrogen and oxygen atoms in total. The quantitative estimate of drug-likeness (QED) is 0.827. The van der Waals surface area contributed by atoms with Gasteiger partial charge in [0, 0.05) is 12.7 Å². The van der Waals surface area contributed by atoms with Crippen molar-refractivity contribution in [1.29, 1.82) is 5.26 Å². The summed E-state index contributed by atoms with van der Waals surface area (Å²) in [5.74, 6) is -0.429. The Bertz CT molecular complexity index is 609. The Morgan fingerprint density at radius 2 is 2.16 bits per heavy atom. The summed E-state index contributed by atoms with van der Waals surface area (Å²) in [5.41, 5.74) is 7.58. The first-order chi connectivity index (χ1) is 9.17. The van der Waals surface area contributed by atoms with Crippen LogP contribution in [0.1, 0.15) is 11.1 Å². The molecule has 0 fully saturated rings. The highest BCUT2D eigenvalue weighted by Crippen LogP contribution is 2.09. The number of carbonyl (C=O) groups excluding carboxylic acids is 1. The summed E-state index contributed by atoms with van der Waals surface area (Å²) in [6, 6.07) is 9.39. The molecule has 2 rings (SSSR count). The highest BCUT2D eigenvalue weighted by Gasteiger charge is 2.01. The third-order valence-corrected chi connectivity index (χ3v) is 2.53. The minimum absolute atomic E-state index is 0.0680. The van der Waals surface area contributed by atoms with E-state index in [2.05, 4.69) is 16.5 Å². The number of aromatic nitrogens is 2. The summed E-state index contributed by atoms with van der Waals surface area (Å²) >= 11 is 0. The van der Waals surface area contributed by atoms with Crippen molar-refractivity contribution < 1.29 is 4.79 Å². The maximum atomic E-state index is 10.7. The first-order valence-corrected chi connectivity index (χ1v) is 5.71. The number of primary amides is 1. The van der Waals surface area contributed by atoms with Gasteiger partial charge in [0.1, 0.15) is 6.54 Å². The molecule has 1 amide bonds. The van der Waals surface area contributed by atoms with Crippen LogP contribution < -0.4 is 11.1 Å². The number of nitrogens with zero attached hydrogens (tertiary/aromatic N) is 3. The third-order valence-electron chi connectivity index (χ3n) is 2.53. The zero-order chi connectivity index (χ0) is 13.7. The molecule has 0 atom stereocenters. The molecule has 6 heteroatoms. The van der Waals surface area contributed by atoms with Crippen LogP contribution in [0.25, 0.3) is 0 Å². The lowest BCUT2D eigenvalue weighted by molar-refractivity contribution is -0.118. The van der Waals surface area contributed by atoms with E-state index in [1.807, 2.05) is 12.1 Å². The van der Waals surface area contributed by atoms with E-state index in [0.717, 1.165) is 11.3 Å². The number of benzene rings is 1. The van der Waals surface area contributed by atoms with Crippen LogP contribution in [0.3, 0.4) is 0 Å². The number of amides is 1. The van der Waals surface area contributed by atoms with E-state index in [4.69, 9.17) is 11.0 Å². The molecule has 96 valence electrons. The van der Waals surface area contributed by atoms with Crippen molar-refractivity contribution >= 4 is 11.6 Å². The summed E-state index contributed by atoms with van der Waals surface area (Å²) in [4.78, 5) is 10.7. The van der Waals surface area contributed by atoms with Crippen LogP contribution in [-0.2, 0) is 17.9 Å². The molecule has 0 saturated carbocycles. The van der Waals surface area contributed by atoms with Crippen molar-refractivity contribution in [3.8, 4) is 6.07 Å². The van der Waals surface area contributed by atoms with Gasteiger partial charge in [-0.3, -0.25) is 9.48 Å². The number of nitriles is 1. The molecule has 19 heavy (non-hydrogen) atoms. The summed E-state index contributed by atoms with van der Waals surface area (Å²) in [5, 5.41) is 15.9. The monoisotopic (exact) mass is 255 g/mol. The zero-order valence-electron chi connectivity index (χ0n) is 10.2. The van der Waals surface area contributed by atoms with E-state index in [0.29, 0.717) is 12.1 Å². The van der Waals surface area contributed by atoms with Crippen LogP contribution in [0.15, 0.2) is 36.7 Å². The first-order valence-electron chi connectivity index (χ1n) is 5.71. The van der Waals surface area contributed by atoms with Gasteiger partial charge in [-0.25, -0.2) is 0 Å². The molecule has 3 N–H and O–H groups in total. The predicted molar refractivity (Wildman–Crippen MR) is 69.9 cm³/mol. The smallest absolute Gasteiger partial charge is 0.239 e.